The average molecular weight is 359 g/mol. The molecule has 1 aliphatic rings. The van der Waals surface area contributed by atoms with Crippen LogP contribution in [0.3, 0.4) is 0 Å². The third kappa shape index (κ3) is 3.86. The Hall–Kier alpha value is -2.10. The van der Waals surface area contributed by atoms with Gasteiger partial charge in [0.25, 0.3) is 0 Å². The molecule has 2 aromatic rings. The lowest BCUT2D eigenvalue weighted by atomic mass is 9.97. The van der Waals surface area contributed by atoms with E-state index in [0.29, 0.717) is 26.1 Å². The number of thiazole rings is 1. The summed E-state index contributed by atoms with van der Waals surface area (Å²) in [4.78, 5) is 24.1. The summed E-state index contributed by atoms with van der Waals surface area (Å²) >= 11 is 1.45. The quantitative estimate of drug-likeness (QED) is 0.885. The van der Waals surface area contributed by atoms with Crippen LogP contribution in [0.1, 0.15) is 36.0 Å². The number of rotatable bonds is 3. The molecule has 6 nitrogen and oxygen atoms in total. The molecule has 1 saturated heterocycles. The second kappa shape index (κ2) is 6.80. The zero-order valence-electron chi connectivity index (χ0n) is 12.6. The highest BCUT2D eigenvalue weighted by Crippen LogP contribution is 2.30. The van der Waals surface area contributed by atoms with Crippen LogP contribution in [-0.4, -0.2) is 39.0 Å². The molecule has 1 aliphatic heterocycles. The van der Waals surface area contributed by atoms with Crippen LogP contribution in [0.2, 0.25) is 0 Å². The number of amides is 2. The maximum Gasteiger partial charge on any atom is 0.432 e. The van der Waals surface area contributed by atoms with Crippen molar-refractivity contribution >= 4 is 17.4 Å². The highest BCUT2D eigenvalue weighted by Gasteiger charge is 2.34. The normalized spacial score (nSPS) is 18.6. The van der Waals surface area contributed by atoms with Gasteiger partial charge in [-0.15, -0.1) is 11.3 Å². The number of carbonyl (C=O) groups is 1. The van der Waals surface area contributed by atoms with Crippen molar-refractivity contribution in [2.45, 2.75) is 31.5 Å². The number of alkyl halides is 3. The molecule has 1 atom stereocenters. The Kier molecular flexibility index (Phi) is 4.74. The Labute approximate surface area is 140 Å². The number of imidazole rings is 1. The fraction of sp³-hybridized carbons (Fsp3) is 0.500. The second-order valence-corrected chi connectivity index (χ2v) is 6.32. The number of nitrogens with one attached hydrogen (secondary N) is 2. The van der Waals surface area contributed by atoms with Crippen molar-refractivity contribution < 1.29 is 18.0 Å². The third-order valence-electron chi connectivity index (χ3n) is 3.90. The molecule has 24 heavy (non-hydrogen) atoms. The molecule has 2 N–H and O–H groups in total. The van der Waals surface area contributed by atoms with E-state index >= 15 is 0 Å². The van der Waals surface area contributed by atoms with E-state index < -0.39 is 11.9 Å². The van der Waals surface area contributed by atoms with Gasteiger partial charge in [0.1, 0.15) is 11.5 Å². The van der Waals surface area contributed by atoms with Crippen LogP contribution in [0.4, 0.5) is 18.0 Å². The number of piperidine rings is 1. The number of H-pyrrole nitrogens is 1. The van der Waals surface area contributed by atoms with Crippen molar-refractivity contribution in [2.24, 2.45) is 0 Å². The summed E-state index contributed by atoms with van der Waals surface area (Å²) < 4.78 is 38.0. The zero-order valence-corrected chi connectivity index (χ0v) is 13.5. The first-order chi connectivity index (χ1) is 11.4. The first-order valence-electron chi connectivity index (χ1n) is 7.45. The number of hydrogen-bond donors (Lipinski definition) is 2. The Morgan fingerprint density at radius 1 is 1.46 bits per heavy atom. The number of hydrogen-bond acceptors (Lipinski definition) is 4. The standard InChI is InChI=1S/C14H16F3N5OS/c15-14(16,17)11-5-18-12(21-11)9-2-1-3-22(6-9)13(23)19-4-10-7-24-8-20-10/h5,7-9H,1-4,6H2,(H,18,21)(H,19,23). The molecule has 0 aliphatic carbocycles. The Bertz CT molecular complexity index is 685. The number of nitrogens with zero attached hydrogens (tertiary/aromatic N) is 3. The number of halogens is 3. The Morgan fingerprint density at radius 2 is 2.29 bits per heavy atom. The molecule has 130 valence electrons. The van der Waals surface area contributed by atoms with Gasteiger partial charge in [0.05, 0.1) is 23.9 Å². The summed E-state index contributed by atoms with van der Waals surface area (Å²) in [6, 6.07) is -0.240. The first kappa shape index (κ1) is 16.7. The van der Waals surface area contributed by atoms with Gasteiger partial charge in [0, 0.05) is 24.4 Å². The molecule has 0 bridgehead atoms. The maximum atomic E-state index is 12.7. The summed E-state index contributed by atoms with van der Waals surface area (Å²) in [7, 11) is 0. The number of urea groups is 1. The van der Waals surface area contributed by atoms with E-state index in [1.54, 1.807) is 10.4 Å². The molecule has 10 heteroatoms. The van der Waals surface area contributed by atoms with E-state index in [2.05, 4.69) is 20.3 Å². The van der Waals surface area contributed by atoms with Crippen molar-refractivity contribution in [3.63, 3.8) is 0 Å². The van der Waals surface area contributed by atoms with Gasteiger partial charge in [0.2, 0.25) is 0 Å². The second-order valence-electron chi connectivity index (χ2n) is 5.60. The lowest BCUT2D eigenvalue weighted by Gasteiger charge is -2.31. The third-order valence-corrected chi connectivity index (χ3v) is 4.54. The van der Waals surface area contributed by atoms with Crippen molar-refractivity contribution in [1.29, 1.82) is 0 Å². The summed E-state index contributed by atoms with van der Waals surface area (Å²) in [6.07, 6.45) is -2.22. The monoisotopic (exact) mass is 359 g/mol. The van der Waals surface area contributed by atoms with E-state index in [1.165, 1.54) is 11.3 Å². The molecule has 0 radical (unpaired) electrons. The van der Waals surface area contributed by atoms with Gasteiger partial charge in [-0.2, -0.15) is 13.2 Å². The SMILES string of the molecule is O=C(NCc1cscn1)N1CCCC(c2ncc(C(F)(F)F)[nH]2)C1. The summed E-state index contributed by atoms with van der Waals surface area (Å²) in [5, 5.41) is 4.62. The molecule has 0 spiro atoms. The molecule has 1 fully saturated rings. The molecule has 2 amide bonds. The van der Waals surface area contributed by atoms with E-state index in [4.69, 9.17) is 0 Å². The van der Waals surface area contributed by atoms with Gasteiger partial charge < -0.3 is 15.2 Å². The maximum absolute atomic E-state index is 12.7. The van der Waals surface area contributed by atoms with Crippen molar-refractivity contribution in [3.8, 4) is 0 Å². The van der Waals surface area contributed by atoms with Gasteiger partial charge in [-0.05, 0) is 12.8 Å². The topological polar surface area (TPSA) is 73.9 Å². The molecule has 3 rings (SSSR count). The van der Waals surface area contributed by atoms with E-state index in [9.17, 15) is 18.0 Å². The van der Waals surface area contributed by atoms with Gasteiger partial charge in [-0.1, -0.05) is 0 Å². The number of aromatic nitrogens is 3. The van der Waals surface area contributed by atoms with Crippen LogP contribution in [0.5, 0.6) is 0 Å². The van der Waals surface area contributed by atoms with Gasteiger partial charge in [-0.25, -0.2) is 14.8 Å². The van der Waals surface area contributed by atoms with Crippen LogP contribution < -0.4 is 5.32 Å². The molecular formula is C14H16F3N5OS. The fourth-order valence-corrected chi connectivity index (χ4v) is 3.23. The largest absolute Gasteiger partial charge is 0.432 e. The molecule has 2 aromatic heterocycles. The number of carbonyl (C=O) groups excluding carboxylic acids is 1. The smallest absolute Gasteiger partial charge is 0.338 e. The molecule has 0 aromatic carbocycles. The predicted octanol–water partition coefficient (Wildman–Crippen LogP) is 2.97. The van der Waals surface area contributed by atoms with Gasteiger partial charge in [0.15, 0.2) is 0 Å². The zero-order chi connectivity index (χ0) is 17.2. The van der Waals surface area contributed by atoms with Crippen molar-refractivity contribution in [2.75, 3.05) is 13.1 Å². The fourth-order valence-electron chi connectivity index (χ4n) is 2.68. The molecule has 0 saturated carbocycles. The van der Waals surface area contributed by atoms with E-state index in [1.807, 2.05) is 5.38 Å². The molecular weight excluding hydrogens is 343 g/mol. The van der Waals surface area contributed by atoms with Crippen LogP contribution in [0, 0.1) is 0 Å². The minimum Gasteiger partial charge on any atom is -0.338 e. The molecule has 3 heterocycles. The lowest BCUT2D eigenvalue weighted by molar-refractivity contribution is -0.141. The highest BCUT2D eigenvalue weighted by molar-refractivity contribution is 7.07. The van der Waals surface area contributed by atoms with Gasteiger partial charge >= 0.3 is 12.2 Å². The highest BCUT2D eigenvalue weighted by atomic mass is 32.1. The number of likely N-dealkylation sites (tertiary alicyclic amines) is 1. The van der Waals surface area contributed by atoms with Crippen LogP contribution >= 0.6 is 11.3 Å². The Balaban J connectivity index is 1.59. The van der Waals surface area contributed by atoms with Crippen LogP contribution in [0.15, 0.2) is 17.1 Å². The summed E-state index contributed by atoms with van der Waals surface area (Å²) in [5.41, 5.74) is 1.61. The lowest BCUT2D eigenvalue weighted by Crippen LogP contribution is -2.44. The average Bonchev–Trinajstić information content (AvgIpc) is 3.23. The van der Waals surface area contributed by atoms with Crippen LogP contribution in [-0.2, 0) is 12.7 Å². The van der Waals surface area contributed by atoms with E-state index in [0.717, 1.165) is 18.3 Å². The Morgan fingerprint density at radius 3 is 2.96 bits per heavy atom. The van der Waals surface area contributed by atoms with Crippen molar-refractivity contribution in [3.05, 3.63) is 34.3 Å². The summed E-state index contributed by atoms with van der Waals surface area (Å²) in [5.74, 6) is 0.0548. The molecule has 1 unspecified atom stereocenters. The van der Waals surface area contributed by atoms with E-state index in [-0.39, 0.29) is 17.8 Å². The van der Waals surface area contributed by atoms with Crippen LogP contribution in [0.25, 0.3) is 0 Å². The minimum absolute atomic E-state index is 0.222. The predicted molar refractivity (Wildman–Crippen MR) is 81.5 cm³/mol. The first-order valence-corrected chi connectivity index (χ1v) is 8.39. The van der Waals surface area contributed by atoms with Crippen molar-refractivity contribution in [1.82, 2.24) is 25.2 Å². The number of aromatic amines is 1. The van der Waals surface area contributed by atoms with Gasteiger partial charge in [-0.3, -0.25) is 0 Å². The minimum atomic E-state index is -4.44. The summed E-state index contributed by atoms with van der Waals surface area (Å²) in [6.45, 7) is 1.25.